The van der Waals surface area contributed by atoms with Crippen molar-refractivity contribution in [1.82, 2.24) is 4.98 Å². The summed E-state index contributed by atoms with van der Waals surface area (Å²) in [5, 5.41) is 13.6. The third-order valence-electron chi connectivity index (χ3n) is 9.72. The van der Waals surface area contributed by atoms with Crippen molar-refractivity contribution in [3.05, 3.63) is 101 Å². The SMILES string of the molecule is CCC(CC)C(=O)/C=C(\O)C(CC)CC.Cc1c(-c2ccc(CC(C)(C)C)cc2)[te]c2c(-c3[c-]c4ccccc4c(C(C)(C)C)c3)nccc12.[Ir]. The number of rotatable bonds is 10. The topological polar surface area (TPSA) is 50.2 Å². The van der Waals surface area contributed by atoms with E-state index in [-0.39, 0.29) is 48.9 Å². The van der Waals surface area contributed by atoms with E-state index >= 15 is 0 Å². The normalized spacial score (nSPS) is 12.3. The Kier molecular flexibility index (Phi) is 15.5. The second kappa shape index (κ2) is 18.5. The Morgan fingerprint density at radius 1 is 0.863 bits per heavy atom. The van der Waals surface area contributed by atoms with Crippen molar-refractivity contribution in [3.63, 3.8) is 0 Å². The van der Waals surface area contributed by atoms with Gasteiger partial charge in [-0.15, -0.1) is 0 Å². The predicted molar refractivity (Wildman–Crippen MR) is 216 cm³/mol. The van der Waals surface area contributed by atoms with E-state index in [4.69, 9.17) is 4.98 Å². The number of aromatic nitrogens is 1. The molecule has 0 atom stereocenters. The van der Waals surface area contributed by atoms with Gasteiger partial charge in [-0.05, 0) is 25.7 Å². The molecular formula is C46H58IrNO2Te-. The number of allylic oxidation sites excluding steroid dienone is 2. The van der Waals surface area contributed by atoms with Gasteiger partial charge in [-0.1, -0.05) is 27.7 Å². The van der Waals surface area contributed by atoms with Crippen molar-refractivity contribution in [2.45, 2.75) is 114 Å². The van der Waals surface area contributed by atoms with E-state index in [0.717, 1.165) is 43.4 Å². The number of carbonyl (C=O) groups is 1. The summed E-state index contributed by atoms with van der Waals surface area (Å²) in [6.07, 6.45) is 7.99. The summed E-state index contributed by atoms with van der Waals surface area (Å²) in [5.74, 6) is 0.547. The Hall–Kier alpha value is -2.54. The van der Waals surface area contributed by atoms with Gasteiger partial charge in [0.1, 0.15) is 0 Å². The van der Waals surface area contributed by atoms with Gasteiger partial charge in [0.15, 0.2) is 5.78 Å². The number of aryl methyl sites for hydroxylation is 1. The van der Waals surface area contributed by atoms with Gasteiger partial charge in [0.25, 0.3) is 0 Å². The van der Waals surface area contributed by atoms with Crippen LogP contribution in [0, 0.1) is 30.2 Å². The Balaban J connectivity index is 0.000000374. The summed E-state index contributed by atoms with van der Waals surface area (Å²) < 4.78 is 2.99. The molecule has 5 rings (SSSR count). The van der Waals surface area contributed by atoms with Crippen molar-refractivity contribution in [2.75, 3.05) is 0 Å². The third kappa shape index (κ3) is 10.8. The molecule has 0 unspecified atom stereocenters. The van der Waals surface area contributed by atoms with Crippen LogP contribution in [0.2, 0.25) is 0 Å². The summed E-state index contributed by atoms with van der Waals surface area (Å²) in [5.41, 5.74) is 8.18. The summed E-state index contributed by atoms with van der Waals surface area (Å²) in [7, 11) is 0. The number of carbonyl (C=O) groups excluding carboxylic acids is 1. The van der Waals surface area contributed by atoms with E-state index in [0.29, 0.717) is 5.41 Å². The van der Waals surface area contributed by atoms with Crippen molar-refractivity contribution in [3.8, 4) is 20.4 Å². The first-order chi connectivity index (χ1) is 23.6. The number of ketones is 1. The molecular weight excluding hydrogens is 918 g/mol. The van der Waals surface area contributed by atoms with Gasteiger partial charge >= 0.3 is 221 Å². The number of hydrogen-bond donors (Lipinski definition) is 1. The number of aliphatic hydroxyl groups is 1. The standard InChI is InChI=1S/C33H34NTe.C13H24O2.Ir/c1-21-26-16-17-34-29(25-18-24-10-8-9-11-27(24)28(19-25)33(5,6)7)31(26)35-30(21)23-14-12-22(13-15-23)20-32(2,3)4;1-5-10(6-2)12(14)9-13(15)11(7-3)8-4;/h8-17,19H,20H2,1-7H3;9-11,14H,5-8H2,1-4H3;/q-1;;/b;12-9-;. The quantitative estimate of drug-likeness (QED) is 0.0657. The molecule has 0 spiro atoms. The predicted octanol–water partition coefficient (Wildman–Crippen LogP) is 12.6. The molecule has 5 heteroatoms. The van der Waals surface area contributed by atoms with Crippen LogP contribution in [-0.2, 0) is 36.7 Å². The number of fused-ring (bicyclic) bond motifs is 2. The first-order valence-corrected chi connectivity index (χ1v) is 20.8. The number of aliphatic hydroxyl groups excluding tert-OH is 1. The van der Waals surface area contributed by atoms with Gasteiger partial charge in [-0.2, -0.15) is 0 Å². The van der Waals surface area contributed by atoms with Crippen LogP contribution < -0.4 is 0 Å². The second-order valence-corrected chi connectivity index (χ2v) is 18.8. The van der Waals surface area contributed by atoms with Crippen LogP contribution >= 0.6 is 0 Å². The zero-order valence-corrected chi connectivity index (χ0v) is 37.4. The summed E-state index contributed by atoms with van der Waals surface area (Å²) in [6, 6.07) is 26.2. The van der Waals surface area contributed by atoms with Gasteiger partial charge in [-0.25, -0.2) is 0 Å². The molecule has 3 nitrogen and oxygen atoms in total. The van der Waals surface area contributed by atoms with Crippen molar-refractivity contribution in [2.24, 2.45) is 17.3 Å². The molecule has 0 bridgehead atoms. The molecule has 1 N–H and O–H groups in total. The maximum atomic E-state index is 11.7. The van der Waals surface area contributed by atoms with Gasteiger partial charge < -0.3 is 5.11 Å². The molecule has 2 heterocycles. The second-order valence-electron chi connectivity index (χ2n) is 15.9. The van der Waals surface area contributed by atoms with Crippen molar-refractivity contribution >= 4 is 45.8 Å². The van der Waals surface area contributed by atoms with E-state index in [1.54, 1.807) is 3.58 Å². The van der Waals surface area contributed by atoms with E-state index in [1.807, 2.05) is 33.9 Å². The van der Waals surface area contributed by atoms with Crippen LogP contribution in [0.3, 0.4) is 0 Å². The molecule has 0 aliphatic carbocycles. The smallest absolute Gasteiger partial charge is 0 e. The molecule has 0 fully saturated rings. The molecule has 0 saturated carbocycles. The monoisotopic (exact) mass is 979 g/mol. The average molecular weight is 977 g/mol. The molecule has 3 aromatic carbocycles. The molecule has 0 aliphatic heterocycles. The number of hydrogen-bond acceptors (Lipinski definition) is 3. The van der Waals surface area contributed by atoms with E-state index < -0.39 is 20.4 Å². The fraction of sp³-hybridized carbons (Fsp3) is 0.435. The fourth-order valence-electron chi connectivity index (χ4n) is 6.76. The van der Waals surface area contributed by atoms with Crippen LogP contribution in [0.4, 0.5) is 0 Å². The molecule has 51 heavy (non-hydrogen) atoms. The molecule has 1 radical (unpaired) electrons. The first kappa shape index (κ1) is 42.9. The summed E-state index contributed by atoms with van der Waals surface area (Å²) >= 11 is -0.559. The molecule has 0 amide bonds. The Bertz CT molecular complexity index is 1930. The van der Waals surface area contributed by atoms with Crippen molar-refractivity contribution in [1.29, 1.82) is 0 Å². The minimum atomic E-state index is -0.559. The van der Waals surface area contributed by atoms with Crippen LogP contribution in [0.1, 0.15) is 112 Å². The van der Waals surface area contributed by atoms with Crippen LogP contribution in [0.15, 0.2) is 78.7 Å². The molecule has 0 aliphatic rings. The first-order valence-electron chi connectivity index (χ1n) is 18.5. The minimum absolute atomic E-state index is 0. The maximum Gasteiger partial charge on any atom is 0 e. The summed E-state index contributed by atoms with van der Waals surface area (Å²) in [6.45, 7) is 24.2. The Morgan fingerprint density at radius 2 is 1.47 bits per heavy atom. The zero-order chi connectivity index (χ0) is 36.8. The van der Waals surface area contributed by atoms with Crippen LogP contribution in [-0.4, -0.2) is 36.3 Å². The maximum absolute atomic E-state index is 11.7. The minimum Gasteiger partial charge on any atom is 0 e. The average Bonchev–Trinajstić information content (AvgIpc) is 3.41. The fourth-order valence-corrected chi connectivity index (χ4v) is 10.5. The van der Waals surface area contributed by atoms with E-state index in [1.165, 1.54) is 47.9 Å². The third-order valence-corrected chi connectivity index (χ3v) is 13.6. The number of benzene rings is 3. The zero-order valence-electron chi connectivity index (χ0n) is 32.7. The summed E-state index contributed by atoms with van der Waals surface area (Å²) in [4.78, 5) is 16.7. The molecule has 5 aromatic rings. The number of nitrogens with zero attached hydrogens (tertiary/aromatic N) is 1. The van der Waals surface area contributed by atoms with Crippen molar-refractivity contribution < 1.29 is 30.0 Å². The van der Waals surface area contributed by atoms with E-state index in [9.17, 15) is 9.90 Å². The van der Waals surface area contributed by atoms with Gasteiger partial charge in [-0.3, -0.25) is 4.79 Å². The largest absolute Gasteiger partial charge is 0 e. The van der Waals surface area contributed by atoms with Crippen LogP contribution in [0.5, 0.6) is 0 Å². The van der Waals surface area contributed by atoms with Gasteiger partial charge in [0.05, 0.1) is 5.76 Å². The number of pyridine rings is 1. The van der Waals surface area contributed by atoms with E-state index in [2.05, 4.69) is 115 Å². The Labute approximate surface area is 331 Å². The Morgan fingerprint density at radius 3 is 2.04 bits per heavy atom. The van der Waals surface area contributed by atoms with Gasteiger partial charge in [0.2, 0.25) is 0 Å². The van der Waals surface area contributed by atoms with Crippen LogP contribution in [0.25, 0.3) is 40.0 Å². The van der Waals surface area contributed by atoms with Gasteiger partial charge in [0, 0.05) is 38.0 Å². The molecule has 275 valence electrons. The molecule has 0 saturated heterocycles. The molecule has 2 aromatic heterocycles.